The predicted octanol–water partition coefficient (Wildman–Crippen LogP) is 4.78. The van der Waals surface area contributed by atoms with Crippen LogP contribution in [0.1, 0.15) is 48.5 Å². The lowest BCUT2D eigenvalue weighted by Gasteiger charge is -2.25. The van der Waals surface area contributed by atoms with Gasteiger partial charge >= 0.3 is 0 Å². The van der Waals surface area contributed by atoms with Crippen molar-refractivity contribution >= 4 is 28.6 Å². The second-order valence-corrected chi connectivity index (χ2v) is 7.01. The van der Waals surface area contributed by atoms with E-state index in [4.69, 9.17) is 0 Å². The van der Waals surface area contributed by atoms with Crippen LogP contribution in [0.25, 0.3) is 11.0 Å². The Bertz CT molecular complexity index is 958. The minimum absolute atomic E-state index is 0.119. The Balaban J connectivity index is 1.70. The van der Waals surface area contributed by atoms with Gasteiger partial charge in [0, 0.05) is 30.4 Å². The van der Waals surface area contributed by atoms with Crippen LogP contribution in [0.5, 0.6) is 0 Å². The zero-order valence-electron chi connectivity index (χ0n) is 15.3. The van der Waals surface area contributed by atoms with Crippen molar-refractivity contribution < 1.29 is 9.18 Å². The molecule has 1 aliphatic rings. The first-order valence-electron chi connectivity index (χ1n) is 9.42. The van der Waals surface area contributed by atoms with Crippen LogP contribution in [-0.2, 0) is 0 Å². The Labute approximate surface area is 157 Å². The lowest BCUT2D eigenvalue weighted by atomic mass is 9.95. The highest BCUT2D eigenvalue weighted by Gasteiger charge is 2.22. The maximum absolute atomic E-state index is 13.7. The summed E-state index contributed by atoms with van der Waals surface area (Å²) in [6, 6.07) is 12.4. The number of benzene rings is 2. The summed E-state index contributed by atoms with van der Waals surface area (Å²) in [4.78, 5) is 16.4. The van der Waals surface area contributed by atoms with Crippen molar-refractivity contribution in [1.29, 1.82) is 0 Å². The quantitative estimate of drug-likeness (QED) is 0.698. The zero-order valence-corrected chi connectivity index (χ0v) is 15.3. The highest BCUT2D eigenvalue weighted by Crippen LogP contribution is 2.35. The SMILES string of the molecule is CNC(=O)c1ccc(Nc2nc3cc(F)ccc3n2C2CCCCC2)cc1. The minimum atomic E-state index is -0.280. The van der Waals surface area contributed by atoms with E-state index in [0.29, 0.717) is 17.1 Å². The molecule has 0 radical (unpaired) electrons. The molecule has 140 valence electrons. The molecular formula is C21H23FN4O. The lowest BCUT2D eigenvalue weighted by molar-refractivity contribution is 0.0963. The van der Waals surface area contributed by atoms with Crippen LogP contribution in [0, 0.1) is 5.82 Å². The largest absolute Gasteiger partial charge is 0.355 e. The van der Waals surface area contributed by atoms with Gasteiger partial charge in [0.15, 0.2) is 0 Å². The van der Waals surface area contributed by atoms with E-state index >= 15 is 0 Å². The molecule has 0 unspecified atom stereocenters. The predicted molar refractivity (Wildman–Crippen MR) is 105 cm³/mol. The molecule has 5 nitrogen and oxygen atoms in total. The van der Waals surface area contributed by atoms with E-state index in [2.05, 4.69) is 20.2 Å². The molecule has 2 aromatic carbocycles. The Hall–Kier alpha value is -2.89. The summed E-state index contributed by atoms with van der Waals surface area (Å²) in [6.45, 7) is 0. The topological polar surface area (TPSA) is 59.0 Å². The van der Waals surface area contributed by atoms with Gasteiger partial charge < -0.3 is 15.2 Å². The average Bonchev–Trinajstić information content (AvgIpc) is 3.05. The fourth-order valence-electron chi connectivity index (χ4n) is 3.85. The number of carbonyl (C=O) groups is 1. The van der Waals surface area contributed by atoms with Crippen molar-refractivity contribution in [3.05, 3.63) is 53.8 Å². The zero-order chi connectivity index (χ0) is 18.8. The fraction of sp³-hybridized carbons (Fsp3) is 0.333. The molecular weight excluding hydrogens is 343 g/mol. The van der Waals surface area contributed by atoms with Gasteiger partial charge in [-0.2, -0.15) is 0 Å². The number of nitrogens with one attached hydrogen (secondary N) is 2. The molecule has 1 amide bonds. The van der Waals surface area contributed by atoms with E-state index in [-0.39, 0.29) is 11.7 Å². The van der Waals surface area contributed by atoms with E-state index in [9.17, 15) is 9.18 Å². The Morgan fingerprint density at radius 2 is 1.85 bits per heavy atom. The molecule has 1 heterocycles. The molecule has 6 heteroatoms. The molecule has 4 rings (SSSR count). The van der Waals surface area contributed by atoms with Gasteiger partial charge in [0.1, 0.15) is 5.82 Å². The molecule has 3 aromatic rings. The third kappa shape index (κ3) is 3.52. The number of imidazole rings is 1. The standard InChI is InChI=1S/C21H23FN4O/c1-23-20(27)14-7-10-16(11-8-14)24-21-25-18-13-15(22)9-12-19(18)26(21)17-5-3-2-4-6-17/h7-13,17H,2-6H2,1H3,(H,23,27)(H,24,25). The van der Waals surface area contributed by atoms with Crippen molar-refractivity contribution in [2.45, 2.75) is 38.1 Å². The van der Waals surface area contributed by atoms with Gasteiger partial charge in [-0.25, -0.2) is 9.37 Å². The number of fused-ring (bicyclic) bond motifs is 1. The van der Waals surface area contributed by atoms with Crippen LogP contribution in [0.3, 0.4) is 0 Å². The third-order valence-corrected chi connectivity index (χ3v) is 5.22. The van der Waals surface area contributed by atoms with Gasteiger partial charge in [0.05, 0.1) is 11.0 Å². The lowest BCUT2D eigenvalue weighted by Crippen LogP contribution is -2.17. The molecule has 27 heavy (non-hydrogen) atoms. The summed E-state index contributed by atoms with van der Waals surface area (Å²) in [7, 11) is 1.61. The third-order valence-electron chi connectivity index (χ3n) is 5.22. The summed E-state index contributed by atoms with van der Waals surface area (Å²) in [5.41, 5.74) is 3.05. The molecule has 1 aromatic heterocycles. The number of nitrogens with zero attached hydrogens (tertiary/aromatic N) is 2. The molecule has 0 spiro atoms. The monoisotopic (exact) mass is 366 g/mol. The highest BCUT2D eigenvalue weighted by molar-refractivity contribution is 5.94. The molecule has 0 atom stereocenters. The first-order valence-corrected chi connectivity index (χ1v) is 9.42. The van der Waals surface area contributed by atoms with E-state index in [1.165, 1.54) is 31.4 Å². The van der Waals surface area contributed by atoms with E-state index in [0.717, 1.165) is 30.0 Å². The van der Waals surface area contributed by atoms with Crippen molar-refractivity contribution in [3.8, 4) is 0 Å². The second kappa shape index (κ2) is 7.39. The van der Waals surface area contributed by atoms with Crippen molar-refractivity contribution in [1.82, 2.24) is 14.9 Å². The van der Waals surface area contributed by atoms with Gasteiger partial charge in [-0.05, 0) is 49.2 Å². The number of carbonyl (C=O) groups excluding carboxylic acids is 1. The van der Waals surface area contributed by atoms with Crippen molar-refractivity contribution in [3.63, 3.8) is 0 Å². The molecule has 0 saturated heterocycles. The Kier molecular flexibility index (Phi) is 4.79. The Morgan fingerprint density at radius 1 is 1.11 bits per heavy atom. The maximum Gasteiger partial charge on any atom is 0.251 e. The summed E-state index contributed by atoms with van der Waals surface area (Å²) in [5.74, 6) is 0.318. The fourth-order valence-corrected chi connectivity index (χ4v) is 3.85. The minimum Gasteiger partial charge on any atom is -0.355 e. The normalized spacial score (nSPS) is 15.0. The van der Waals surface area contributed by atoms with Crippen molar-refractivity contribution in [2.75, 3.05) is 12.4 Å². The summed E-state index contributed by atoms with van der Waals surface area (Å²) in [6.07, 6.45) is 5.87. The first-order chi connectivity index (χ1) is 13.2. The van der Waals surface area contributed by atoms with Gasteiger partial charge in [-0.15, -0.1) is 0 Å². The molecule has 0 aliphatic heterocycles. The summed E-state index contributed by atoms with van der Waals surface area (Å²) < 4.78 is 15.9. The smallest absolute Gasteiger partial charge is 0.251 e. The summed E-state index contributed by atoms with van der Waals surface area (Å²) >= 11 is 0. The first kappa shape index (κ1) is 17.5. The van der Waals surface area contributed by atoms with Gasteiger partial charge in [0.25, 0.3) is 5.91 Å². The van der Waals surface area contributed by atoms with E-state index in [1.54, 1.807) is 19.2 Å². The number of aromatic nitrogens is 2. The molecule has 1 fully saturated rings. The number of hydrogen-bond donors (Lipinski definition) is 2. The number of halogens is 1. The van der Waals surface area contributed by atoms with Crippen LogP contribution in [-0.4, -0.2) is 22.5 Å². The van der Waals surface area contributed by atoms with Crippen LogP contribution >= 0.6 is 0 Å². The van der Waals surface area contributed by atoms with Gasteiger partial charge in [-0.1, -0.05) is 19.3 Å². The molecule has 0 bridgehead atoms. The van der Waals surface area contributed by atoms with Crippen LogP contribution in [0.2, 0.25) is 0 Å². The van der Waals surface area contributed by atoms with Crippen LogP contribution < -0.4 is 10.6 Å². The Morgan fingerprint density at radius 3 is 2.56 bits per heavy atom. The van der Waals surface area contributed by atoms with E-state index in [1.807, 2.05) is 18.2 Å². The van der Waals surface area contributed by atoms with Gasteiger partial charge in [0.2, 0.25) is 5.95 Å². The number of amides is 1. The summed E-state index contributed by atoms with van der Waals surface area (Å²) in [5, 5.41) is 5.97. The van der Waals surface area contributed by atoms with Crippen LogP contribution in [0.15, 0.2) is 42.5 Å². The van der Waals surface area contributed by atoms with Gasteiger partial charge in [-0.3, -0.25) is 4.79 Å². The van der Waals surface area contributed by atoms with Crippen LogP contribution in [0.4, 0.5) is 16.0 Å². The highest BCUT2D eigenvalue weighted by atomic mass is 19.1. The number of hydrogen-bond acceptors (Lipinski definition) is 3. The molecule has 2 N–H and O–H groups in total. The van der Waals surface area contributed by atoms with Crippen molar-refractivity contribution in [2.24, 2.45) is 0 Å². The average molecular weight is 366 g/mol. The molecule has 1 saturated carbocycles. The van der Waals surface area contributed by atoms with E-state index < -0.39 is 0 Å². The number of anilines is 2. The number of rotatable bonds is 4. The second-order valence-electron chi connectivity index (χ2n) is 7.01. The molecule has 1 aliphatic carbocycles. The maximum atomic E-state index is 13.7.